The first-order chi connectivity index (χ1) is 6.75. The Kier molecular flexibility index (Phi) is 2.41. The fourth-order valence-corrected chi connectivity index (χ4v) is 1.43. The molecule has 0 aliphatic heterocycles. The fourth-order valence-electron chi connectivity index (χ4n) is 1.23. The van der Waals surface area contributed by atoms with Crippen LogP contribution in [-0.4, -0.2) is 14.9 Å². The molecule has 0 aliphatic carbocycles. The van der Waals surface area contributed by atoms with Crippen molar-refractivity contribution in [3.63, 3.8) is 0 Å². The van der Waals surface area contributed by atoms with Crippen molar-refractivity contribution < 1.29 is 5.11 Å². The maximum atomic E-state index is 9.22. The van der Waals surface area contributed by atoms with Gasteiger partial charge in [-0.2, -0.15) is 5.10 Å². The Balaban J connectivity index is 2.22. The number of hydrogen-bond donors (Lipinski definition) is 1. The average molecular weight is 209 g/mol. The van der Waals surface area contributed by atoms with Gasteiger partial charge >= 0.3 is 0 Å². The highest BCUT2D eigenvalue weighted by molar-refractivity contribution is 6.32. The number of rotatable bonds is 2. The van der Waals surface area contributed by atoms with Gasteiger partial charge in [-0.3, -0.25) is 4.68 Å². The molecular weight excluding hydrogens is 200 g/mol. The van der Waals surface area contributed by atoms with Gasteiger partial charge < -0.3 is 5.11 Å². The number of aromatic hydroxyl groups is 1. The second-order valence-corrected chi connectivity index (χ2v) is 3.40. The van der Waals surface area contributed by atoms with E-state index >= 15 is 0 Å². The highest BCUT2D eigenvalue weighted by Crippen LogP contribution is 2.23. The van der Waals surface area contributed by atoms with Crippen molar-refractivity contribution in [2.75, 3.05) is 0 Å². The van der Waals surface area contributed by atoms with Gasteiger partial charge in [-0.05, 0) is 23.8 Å². The molecule has 0 amide bonds. The minimum atomic E-state index is 0.107. The minimum absolute atomic E-state index is 0.107. The number of nitrogens with zero attached hydrogens (tertiary/aromatic N) is 2. The zero-order valence-electron chi connectivity index (χ0n) is 7.39. The molecule has 0 saturated heterocycles. The van der Waals surface area contributed by atoms with Crippen molar-refractivity contribution in [1.29, 1.82) is 0 Å². The quantitative estimate of drug-likeness (QED) is 0.823. The van der Waals surface area contributed by atoms with Gasteiger partial charge in [0, 0.05) is 12.4 Å². The van der Waals surface area contributed by atoms with Crippen LogP contribution in [0.1, 0.15) is 5.56 Å². The molecule has 3 nitrogen and oxygen atoms in total. The Hall–Kier alpha value is -1.48. The van der Waals surface area contributed by atoms with Gasteiger partial charge in [0.2, 0.25) is 0 Å². The van der Waals surface area contributed by atoms with Crippen LogP contribution in [0.4, 0.5) is 0 Å². The molecule has 0 bridgehead atoms. The van der Waals surface area contributed by atoms with Gasteiger partial charge in [0.15, 0.2) is 0 Å². The molecule has 0 aliphatic rings. The molecule has 0 spiro atoms. The summed E-state index contributed by atoms with van der Waals surface area (Å²) in [7, 11) is 0. The average Bonchev–Trinajstić information content (AvgIpc) is 2.64. The highest BCUT2D eigenvalue weighted by Gasteiger charge is 2.00. The van der Waals surface area contributed by atoms with Crippen LogP contribution >= 0.6 is 11.6 Å². The Morgan fingerprint density at radius 1 is 1.43 bits per heavy atom. The normalized spacial score (nSPS) is 10.4. The Bertz CT molecular complexity index is 426. The van der Waals surface area contributed by atoms with Gasteiger partial charge in [-0.25, -0.2) is 0 Å². The van der Waals surface area contributed by atoms with E-state index in [1.54, 1.807) is 23.0 Å². The third kappa shape index (κ3) is 1.88. The maximum Gasteiger partial charge on any atom is 0.134 e. The van der Waals surface area contributed by atoms with Crippen LogP contribution < -0.4 is 0 Å². The third-order valence-electron chi connectivity index (χ3n) is 1.92. The SMILES string of the molecule is Oc1ccc(Cn2cccn2)cc1Cl. The number of benzene rings is 1. The van der Waals surface area contributed by atoms with Crippen molar-refractivity contribution in [3.05, 3.63) is 47.2 Å². The summed E-state index contributed by atoms with van der Waals surface area (Å²) in [6.07, 6.45) is 3.60. The lowest BCUT2D eigenvalue weighted by molar-refractivity contribution is 0.475. The molecule has 0 saturated carbocycles. The number of hydrogen-bond acceptors (Lipinski definition) is 2. The Labute approximate surface area is 86.6 Å². The van der Waals surface area contributed by atoms with Crippen LogP contribution in [0.3, 0.4) is 0 Å². The summed E-state index contributed by atoms with van der Waals surface area (Å²) in [5.41, 5.74) is 1.01. The van der Waals surface area contributed by atoms with Gasteiger partial charge in [-0.1, -0.05) is 17.7 Å². The van der Waals surface area contributed by atoms with Gasteiger partial charge in [0.25, 0.3) is 0 Å². The summed E-state index contributed by atoms with van der Waals surface area (Å²) in [5, 5.41) is 13.7. The van der Waals surface area contributed by atoms with Crippen LogP contribution in [0.5, 0.6) is 5.75 Å². The Morgan fingerprint density at radius 3 is 2.93 bits per heavy atom. The Morgan fingerprint density at radius 2 is 2.29 bits per heavy atom. The zero-order valence-corrected chi connectivity index (χ0v) is 8.15. The second kappa shape index (κ2) is 3.72. The maximum absolute atomic E-state index is 9.22. The molecule has 0 atom stereocenters. The molecule has 1 aromatic heterocycles. The highest BCUT2D eigenvalue weighted by atomic mass is 35.5. The predicted octanol–water partition coefficient (Wildman–Crippen LogP) is 2.29. The molecule has 0 radical (unpaired) electrons. The lowest BCUT2D eigenvalue weighted by atomic mass is 10.2. The van der Waals surface area contributed by atoms with E-state index in [0.717, 1.165) is 5.56 Å². The van der Waals surface area contributed by atoms with Crippen LogP contribution in [0, 0.1) is 0 Å². The number of phenols is 1. The van der Waals surface area contributed by atoms with E-state index in [4.69, 9.17) is 11.6 Å². The molecule has 1 heterocycles. The van der Waals surface area contributed by atoms with Crippen molar-refractivity contribution in [2.24, 2.45) is 0 Å². The molecule has 4 heteroatoms. The molecular formula is C10H9ClN2O. The first-order valence-electron chi connectivity index (χ1n) is 4.20. The van der Waals surface area contributed by atoms with Gasteiger partial charge in [0.05, 0.1) is 11.6 Å². The molecule has 1 aromatic carbocycles. The van der Waals surface area contributed by atoms with E-state index in [0.29, 0.717) is 11.6 Å². The van der Waals surface area contributed by atoms with Gasteiger partial charge in [-0.15, -0.1) is 0 Å². The van der Waals surface area contributed by atoms with Crippen molar-refractivity contribution >= 4 is 11.6 Å². The largest absolute Gasteiger partial charge is 0.506 e. The number of phenolic OH excluding ortho intramolecular Hbond substituents is 1. The molecule has 2 rings (SSSR count). The van der Waals surface area contributed by atoms with E-state index in [1.807, 2.05) is 18.3 Å². The number of halogens is 1. The van der Waals surface area contributed by atoms with Crippen molar-refractivity contribution in [2.45, 2.75) is 6.54 Å². The van der Waals surface area contributed by atoms with Crippen LogP contribution in [0.15, 0.2) is 36.7 Å². The monoisotopic (exact) mass is 208 g/mol. The molecule has 0 fully saturated rings. The summed E-state index contributed by atoms with van der Waals surface area (Å²) < 4.78 is 1.79. The lowest BCUT2D eigenvalue weighted by Gasteiger charge is -2.03. The first-order valence-corrected chi connectivity index (χ1v) is 4.58. The molecule has 1 N–H and O–H groups in total. The summed E-state index contributed by atoms with van der Waals surface area (Å²) >= 11 is 5.77. The van der Waals surface area contributed by atoms with Crippen LogP contribution in [-0.2, 0) is 6.54 Å². The molecule has 2 aromatic rings. The van der Waals surface area contributed by atoms with E-state index in [-0.39, 0.29) is 5.75 Å². The minimum Gasteiger partial charge on any atom is -0.506 e. The zero-order chi connectivity index (χ0) is 9.97. The third-order valence-corrected chi connectivity index (χ3v) is 2.22. The molecule has 72 valence electrons. The smallest absolute Gasteiger partial charge is 0.134 e. The summed E-state index contributed by atoms with van der Waals surface area (Å²) in [5.74, 6) is 0.107. The summed E-state index contributed by atoms with van der Waals surface area (Å²) in [4.78, 5) is 0. The predicted molar refractivity (Wildman–Crippen MR) is 54.4 cm³/mol. The first kappa shape index (κ1) is 9.09. The van der Waals surface area contributed by atoms with E-state index in [2.05, 4.69) is 5.10 Å². The van der Waals surface area contributed by atoms with Gasteiger partial charge in [0.1, 0.15) is 5.75 Å². The molecule has 14 heavy (non-hydrogen) atoms. The van der Waals surface area contributed by atoms with E-state index in [1.165, 1.54) is 0 Å². The lowest BCUT2D eigenvalue weighted by Crippen LogP contribution is -1.99. The van der Waals surface area contributed by atoms with Crippen molar-refractivity contribution in [3.8, 4) is 5.75 Å². The molecule has 0 unspecified atom stereocenters. The van der Waals surface area contributed by atoms with E-state index in [9.17, 15) is 5.11 Å². The summed E-state index contributed by atoms with van der Waals surface area (Å²) in [6.45, 7) is 0.660. The van der Waals surface area contributed by atoms with E-state index < -0.39 is 0 Å². The van der Waals surface area contributed by atoms with Crippen LogP contribution in [0.2, 0.25) is 5.02 Å². The summed E-state index contributed by atoms with van der Waals surface area (Å²) in [6, 6.07) is 7.00. The second-order valence-electron chi connectivity index (χ2n) is 2.99. The van der Waals surface area contributed by atoms with Crippen molar-refractivity contribution in [1.82, 2.24) is 9.78 Å². The fraction of sp³-hybridized carbons (Fsp3) is 0.100. The topological polar surface area (TPSA) is 38.0 Å². The number of aromatic nitrogens is 2. The van der Waals surface area contributed by atoms with Crippen LogP contribution in [0.25, 0.3) is 0 Å². The standard InChI is InChI=1S/C10H9ClN2O/c11-9-6-8(2-3-10(9)14)7-13-5-1-4-12-13/h1-6,14H,7H2.